The van der Waals surface area contributed by atoms with Crippen LogP contribution >= 0.6 is 0 Å². The molecule has 0 saturated carbocycles. The SMILES string of the molecule is FCOC(F)(F)C(F)(F)C(F)(C(F)C(F)(F)F)n1nnc2ccccc21. The molecule has 2 unspecified atom stereocenters. The predicted octanol–water partition coefficient (Wildman–Crippen LogP) is 4.13. The van der Waals surface area contributed by atoms with E-state index in [-0.39, 0.29) is 0 Å². The van der Waals surface area contributed by atoms with Crippen molar-refractivity contribution in [2.45, 2.75) is 30.2 Å². The molecule has 0 spiro atoms. The molecule has 2 aromatic rings. The Morgan fingerprint density at radius 3 is 2.12 bits per heavy atom. The van der Waals surface area contributed by atoms with Gasteiger partial charge in [-0.2, -0.15) is 35.4 Å². The van der Waals surface area contributed by atoms with E-state index in [1.807, 2.05) is 0 Å². The third-order valence-electron chi connectivity index (χ3n) is 3.33. The van der Waals surface area contributed by atoms with E-state index in [1.165, 1.54) is 6.07 Å². The Balaban J connectivity index is 2.80. The van der Waals surface area contributed by atoms with Crippen LogP contribution in [0.3, 0.4) is 0 Å². The number of fused-ring (bicyclic) bond motifs is 1. The number of hydrogen-bond donors (Lipinski definition) is 0. The zero-order valence-electron chi connectivity index (χ0n) is 12.1. The molecule has 1 aromatic heterocycles. The second-order valence-electron chi connectivity index (χ2n) is 4.91. The maximum Gasteiger partial charge on any atom is 0.427 e. The van der Waals surface area contributed by atoms with E-state index in [1.54, 1.807) is 0 Å². The molecule has 0 N–H and O–H groups in total. The number of nitrogens with zero attached hydrogens (tertiary/aromatic N) is 3. The summed E-state index contributed by atoms with van der Waals surface area (Å²) in [4.78, 5) is 0. The molecular weight excluding hydrogens is 392 g/mol. The highest BCUT2D eigenvalue weighted by Crippen LogP contribution is 2.53. The van der Waals surface area contributed by atoms with Gasteiger partial charge >= 0.3 is 24.0 Å². The number of rotatable bonds is 6. The number of benzene rings is 1. The quantitative estimate of drug-likeness (QED) is 0.686. The van der Waals surface area contributed by atoms with Crippen molar-refractivity contribution in [3.05, 3.63) is 24.3 Å². The second kappa shape index (κ2) is 6.25. The lowest BCUT2D eigenvalue weighted by atomic mass is 9.99. The first kappa shape index (κ1) is 20.2. The number of para-hydroxylation sites is 1. The third kappa shape index (κ3) is 2.85. The molecule has 26 heavy (non-hydrogen) atoms. The van der Waals surface area contributed by atoms with Gasteiger partial charge in [0.25, 0.3) is 6.17 Å². The first-order valence-electron chi connectivity index (χ1n) is 6.47. The van der Waals surface area contributed by atoms with Crippen LogP contribution in [0.4, 0.5) is 43.9 Å². The topological polar surface area (TPSA) is 39.9 Å². The van der Waals surface area contributed by atoms with E-state index >= 15 is 0 Å². The van der Waals surface area contributed by atoms with Gasteiger partial charge in [-0.25, -0.2) is 13.2 Å². The Hall–Kier alpha value is -2.12. The second-order valence-corrected chi connectivity index (χ2v) is 4.91. The van der Waals surface area contributed by atoms with Gasteiger partial charge in [-0.05, 0) is 12.1 Å². The van der Waals surface area contributed by atoms with Crippen LogP contribution in [0.2, 0.25) is 0 Å². The van der Waals surface area contributed by atoms with Crippen LogP contribution in [0.15, 0.2) is 24.3 Å². The van der Waals surface area contributed by atoms with Crippen LogP contribution < -0.4 is 0 Å². The maximum atomic E-state index is 14.9. The van der Waals surface area contributed by atoms with E-state index in [0.717, 1.165) is 12.1 Å². The molecule has 14 heteroatoms. The van der Waals surface area contributed by atoms with Gasteiger partial charge < -0.3 is 0 Å². The van der Waals surface area contributed by atoms with Gasteiger partial charge in [0.05, 0.1) is 5.52 Å². The minimum absolute atomic E-state index is 0.491. The Kier molecular flexibility index (Phi) is 4.85. The molecule has 146 valence electrons. The molecule has 1 heterocycles. The lowest BCUT2D eigenvalue weighted by Gasteiger charge is -2.38. The summed E-state index contributed by atoms with van der Waals surface area (Å²) in [7, 11) is 0. The Morgan fingerprint density at radius 2 is 1.58 bits per heavy atom. The van der Waals surface area contributed by atoms with Gasteiger partial charge in [0.1, 0.15) is 5.52 Å². The monoisotopic (exact) mass is 399 g/mol. The Morgan fingerprint density at radius 1 is 1.00 bits per heavy atom. The molecule has 2 rings (SSSR count). The van der Waals surface area contributed by atoms with Gasteiger partial charge in [-0.3, -0.25) is 4.74 Å². The summed E-state index contributed by atoms with van der Waals surface area (Å²) in [5.41, 5.74) is -1.44. The van der Waals surface area contributed by atoms with Crippen molar-refractivity contribution in [1.29, 1.82) is 0 Å². The van der Waals surface area contributed by atoms with Crippen molar-refractivity contribution in [2.75, 3.05) is 6.86 Å². The van der Waals surface area contributed by atoms with Crippen LogP contribution in [0.25, 0.3) is 11.0 Å². The molecule has 1 aromatic carbocycles. The number of aromatic nitrogens is 3. The molecule has 0 aliphatic carbocycles. The van der Waals surface area contributed by atoms with Crippen LogP contribution in [-0.2, 0) is 10.5 Å². The first-order valence-corrected chi connectivity index (χ1v) is 6.47. The minimum Gasteiger partial charge on any atom is -0.283 e. The lowest BCUT2D eigenvalue weighted by molar-refractivity contribution is -0.419. The lowest BCUT2D eigenvalue weighted by Crippen LogP contribution is -2.65. The molecule has 4 nitrogen and oxygen atoms in total. The molecule has 0 aliphatic heterocycles. The Labute approximate surface area is 137 Å². The summed E-state index contributed by atoms with van der Waals surface area (Å²) in [6, 6.07) is 3.85. The Bertz CT molecular complexity index is 776. The van der Waals surface area contributed by atoms with Gasteiger partial charge in [-0.1, -0.05) is 17.3 Å². The van der Waals surface area contributed by atoms with E-state index in [2.05, 4.69) is 15.0 Å². The molecule has 2 atom stereocenters. The summed E-state index contributed by atoms with van der Waals surface area (Å²) < 4.78 is 135. The number of halogens is 10. The molecule has 0 amide bonds. The third-order valence-corrected chi connectivity index (χ3v) is 3.33. The van der Waals surface area contributed by atoms with Gasteiger partial charge in [0, 0.05) is 0 Å². The van der Waals surface area contributed by atoms with Crippen molar-refractivity contribution in [1.82, 2.24) is 15.0 Å². The van der Waals surface area contributed by atoms with Crippen molar-refractivity contribution in [2.24, 2.45) is 0 Å². The number of ether oxygens (including phenoxy) is 1. The van der Waals surface area contributed by atoms with Crippen molar-refractivity contribution >= 4 is 11.0 Å². The van der Waals surface area contributed by atoms with Crippen molar-refractivity contribution in [3.63, 3.8) is 0 Å². The smallest absolute Gasteiger partial charge is 0.283 e. The molecule has 0 fully saturated rings. The van der Waals surface area contributed by atoms with Crippen molar-refractivity contribution < 1.29 is 48.6 Å². The number of alkyl halides is 10. The van der Waals surface area contributed by atoms with E-state index in [0.29, 0.717) is 6.07 Å². The summed E-state index contributed by atoms with van der Waals surface area (Å²) in [6.07, 6.45) is -17.7. The van der Waals surface area contributed by atoms with Gasteiger partial charge in [0.2, 0.25) is 0 Å². The van der Waals surface area contributed by atoms with E-state index in [4.69, 9.17) is 0 Å². The highest BCUT2D eigenvalue weighted by molar-refractivity contribution is 5.74. The zero-order chi connectivity index (χ0) is 20.0. The zero-order valence-corrected chi connectivity index (χ0v) is 12.1. The van der Waals surface area contributed by atoms with E-state index in [9.17, 15) is 43.9 Å². The normalized spacial score (nSPS) is 17.3. The standard InChI is InChI=1S/C12H7F10N3O/c13-5-26-12(21,22)11(19,20)9(15,8(14)10(16,17)18)25-7-4-2-1-3-6(7)23-24-25/h1-4,8H,5H2. The van der Waals surface area contributed by atoms with Crippen LogP contribution in [0, 0.1) is 0 Å². The van der Waals surface area contributed by atoms with Crippen LogP contribution in [-0.4, -0.2) is 46.2 Å². The first-order chi connectivity index (χ1) is 11.8. The fourth-order valence-corrected chi connectivity index (χ4v) is 2.09. The van der Waals surface area contributed by atoms with Gasteiger partial charge in [0.15, 0.2) is 6.86 Å². The fourth-order valence-electron chi connectivity index (χ4n) is 2.09. The minimum atomic E-state index is -6.54. The van der Waals surface area contributed by atoms with Gasteiger partial charge in [-0.15, -0.1) is 5.10 Å². The molecule has 0 saturated heterocycles. The number of hydrogen-bond acceptors (Lipinski definition) is 3. The average Bonchev–Trinajstić information content (AvgIpc) is 2.96. The fraction of sp³-hybridized carbons (Fsp3) is 0.500. The molecule has 0 aliphatic rings. The molecule has 0 radical (unpaired) electrons. The van der Waals surface area contributed by atoms with Crippen LogP contribution in [0.5, 0.6) is 0 Å². The summed E-state index contributed by atoms with van der Waals surface area (Å²) in [6.45, 7) is -2.61. The average molecular weight is 399 g/mol. The van der Waals surface area contributed by atoms with Crippen molar-refractivity contribution in [3.8, 4) is 0 Å². The maximum absolute atomic E-state index is 14.9. The van der Waals surface area contributed by atoms with E-state index < -0.39 is 52.7 Å². The summed E-state index contributed by atoms with van der Waals surface area (Å²) >= 11 is 0. The van der Waals surface area contributed by atoms with Crippen LogP contribution in [0.1, 0.15) is 0 Å². The summed E-state index contributed by atoms with van der Waals surface area (Å²) in [5, 5.41) is 5.67. The summed E-state index contributed by atoms with van der Waals surface area (Å²) in [5.74, 6) is -12.4. The molecular formula is C12H7F10N3O. The predicted molar refractivity (Wildman–Crippen MR) is 64.5 cm³/mol. The largest absolute Gasteiger partial charge is 0.427 e. The molecule has 0 bridgehead atoms. The highest BCUT2D eigenvalue weighted by atomic mass is 19.4. The highest BCUT2D eigenvalue weighted by Gasteiger charge is 2.80.